The number of nitrogens with one attached hydrogen (secondary N) is 1. The zero-order valence-electron chi connectivity index (χ0n) is 17.2. The largest absolute Gasteiger partial charge is 0.325 e. The molecule has 1 N–H and O–H groups in total. The van der Waals surface area contributed by atoms with Crippen molar-refractivity contribution in [3.63, 3.8) is 0 Å². The molecule has 4 rings (SSSR count). The van der Waals surface area contributed by atoms with Crippen LogP contribution in [-0.4, -0.2) is 46.3 Å². The van der Waals surface area contributed by atoms with Crippen LogP contribution in [0, 0.1) is 5.92 Å². The first-order valence-corrected chi connectivity index (χ1v) is 12.9. The number of anilines is 1. The van der Waals surface area contributed by atoms with E-state index in [0.717, 1.165) is 22.6 Å². The lowest BCUT2D eigenvalue weighted by molar-refractivity contribution is -0.113. The molecule has 3 aromatic rings. The van der Waals surface area contributed by atoms with Crippen molar-refractivity contribution < 1.29 is 13.2 Å². The van der Waals surface area contributed by atoms with Gasteiger partial charge in [0.2, 0.25) is 5.91 Å². The molecule has 162 valence electrons. The van der Waals surface area contributed by atoms with Crippen molar-refractivity contribution in [1.82, 2.24) is 14.8 Å². The number of thioether (sulfide) groups is 1. The van der Waals surface area contributed by atoms with E-state index in [2.05, 4.69) is 15.5 Å². The standard InChI is InChI=1S/C22H24N4O3S2/c1-26-20(13-16-11-12-31(28,29)15-16)24-25-22(26)30-14-21(27)23-19-9-7-18(8-10-19)17-5-3-2-4-6-17/h2-10,16H,11-15H2,1H3,(H,23,27)/t16-/m1/s1. The van der Waals surface area contributed by atoms with Crippen LogP contribution in [0.4, 0.5) is 5.69 Å². The van der Waals surface area contributed by atoms with Crippen molar-refractivity contribution in [2.75, 3.05) is 22.6 Å². The fourth-order valence-corrected chi connectivity index (χ4v) is 6.24. The van der Waals surface area contributed by atoms with Crippen LogP contribution in [0.3, 0.4) is 0 Å². The van der Waals surface area contributed by atoms with Crippen molar-refractivity contribution in [1.29, 1.82) is 0 Å². The first-order chi connectivity index (χ1) is 14.9. The Balaban J connectivity index is 1.29. The van der Waals surface area contributed by atoms with E-state index in [4.69, 9.17) is 0 Å². The predicted octanol–water partition coefficient (Wildman–Crippen LogP) is 3.19. The molecule has 0 aliphatic carbocycles. The Morgan fingerprint density at radius 1 is 1.10 bits per heavy atom. The summed E-state index contributed by atoms with van der Waals surface area (Å²) in [6.45, 7) is 0. The molecule has 2 heterocycles. The number of sulfone groups is 1. The van der Waals surface area contributed by atoms with Crippen molar-refractivity contribution in [3.05, 3.63) is 60.4 Å². The lowest BCUT2D eigenvalue weighted by atomic mass is 10.1. The maximum absolute atomic E-state index is 12.4. The Bertz CT molecular complexity index is 1160. The summed E-state index contributed by atoms with van der Waals surface area (Å²) in [5, 5.41) is 11.9. The second-order valence-corrected chi connectivity index (χ2v) is 10.9. The average molecular weight is 457 g/mol. The molecule has 0 unspecified atom stereocenters. The first-order valence-electron chi connectivity index (χ1n) is 10.1. The average Bonchev–Trinajstić information content (AvgIpc) is 3.29. The second kappa shape index (κ2) is 9.23. The SMILES string of the molecule is Cn1c(C[C@H]2CCS(=O)(=O)C2)nnc1SCC(=O)Nc1ccc(-c2ccccc2)cc1. The molecule has 1 amide bonds. The van der Waals surface area contributed by atoms with E-state index in [9.17, 15) is 13.2 Å². The van der Waals surface area contributed by atoms with E-state index in [1.165, 1.54) is 11.8 Å². The summed E-state index contributed by atoms with van der Waals surface area (Å²) in [6.07, 6.45) is 1.26. The number of carbonyl (C=O) groups excluding carboxylic acids is 1. The van der Waals surface area contributed by atoms with Crippen LogP contribution in [0.5, 0.6) is 0 Å². The lowest BCUT2D eigenvalue weighted by Gasteiger charge is -2.08. The minimum atomic E-state index is -2.91. The highest BCUT2D eigenvalue weighted by molar-refractivity contribution is 7.99. The molecular formula is C22H24N4O3S2. The van der Waals surface area contributed by atoms with Gasteiger partial charge in [-0.05, 0) is 35.6 Å². The fraction of sp³-hybridized carbons (Fsp3) is 0.318. The van der Waals surface area contributed by atoms with E-state index >= 15 is 0 Å². The molecule has 7 nitrogen and oxygen atoms in total. The van der Waals surface area contributed by atoms with Gasteiger partial charge in [-0.2, -0.15) is 0 Å². The Morgan fingerprint density at radius 3 is 2.48 bits per heavy atom. The van der Waals surface area contributed by atoms with Gasteiger partial charge in [-0.1, -0.05) is 54.2 Å². The third kappa shape index (κ3) is 5.54. The van der Waals surface area contributed by atoms with Gasteiger partial charge in [-0.25, -0.2) is 8.42 Å². The molecule has 1 saturated heterocycles. The third-order valence-corrected chi connectivity index (χ3v) is 8.19. The minimum absolute atomic E-state index is 0.0907. The monoisotopic (exact) mass is 456 g/mol. The van der Waals surface area contributed by atoms with Crippen molar-refractivity contribution >= 4 is 33.2 Å². The Morgan fingerprint density at radius 2 is 1.81 bits per heavy atom. The number of benzene rings is 2. The van der Waals surface area contributed by atoms with Crippen molar-refractivity contribution in [3.8, 4) is 11.1 Å². The van der Waals surface area contributed by atoms with E-state index in [1.54, 1.807) is 0 Å². The maximum Gasteiger partial charge on any atom is 0.234 e. The van der Waals surface area contributed by atoms with Crippen LogP contribution in [0.2, 0.25) is 0 Å². The molecule has 1 fully saturated rings. The molecule has 1 aliphatic rings. The van der Waals surface area contributed by atoms with Crippen molar-refractivity contribution in [2.45, 2.75) is 18.0 Å². The maximum atomic E-state index is 12.4. The van der Waals surface area contributed by atoms with Crippen LogP contribution in [0.15, 0.2) is 59.8 Å². The number of amides is 1. The number of hydrogen-bond donors (Lipinski definition) is 1. The molecule has 0 saturated carbocycles. The molecule has 9 heteroatoms. The molecule has 0 radical (unpaired) electrons. The molecule has 1 atom stereocenters. The molecule has 1 aromatic heterocycles. The predicted molar refractivity (Wildman–Crippen MR) is 123 cm³/mol. The third-order valence-electron chi connectivity index (χ3n) is 5.33. The highest BCUT2D eigenvalue weighted by Crippen LogP contribution is 2.24. The molecule has 31 heavy (non-hydrogen) atoms. The second-order valence-electron chi connectivity index (χ2n) is 7.71. The smallest absolute Gasteiger partial charge is 0.234 e. The van der Waals surface area contributed by atoms with Gasteiger partial charge in [0, 0.05) is 19.2 Å². The van der Waals surface area contributed by atoms with E-state index in [0.29, 0.717) is 18.0 Å². The Kier molecular flexibility index (Phi) is 6.43. The van der Waals surface area contributed by atoms with Crippen LogP contribution in [0.25, 0.3) is 11.1 Å². The summed E-state index contributed by atoms with van der Waals surface area (Å²) in [5.74, 6) is 1.40. The molecule has 0 spiro atoms. The van der Waals surface area contributed by atoms with Gasteiger partial charge in [0.15, 0.2) is 15.0 Å². The Hall–Kier alpha value is -2.65. The quantitative estimate of drug-likeness (QED) is 0.549. The van der Waals surface area contributed by atoms with Gasteiger partial charge in [-0.3, -0.25) is 4.79 Å². The molecular weight excluding hydrogens is 432 g/mol. The number of carbonyl (C=O) groups is 1. The van der Waals surface area contributed by atoms with Crippen LogP contribution in [-0.2, 0) is 28.1 Å². The highest BCUT2D eigenvalue weighted by atomic mass is 32.2. The normalized spacial score (nSPS) is 17.5. The van der Waals surface area contributed by atoms with Gasteiger partial charge in [0.1, 0.15) is 5.82 Å². The minimum Gasteiger partial charge on any atom is -0.325 e. The van der Waals surface area contributed by atoms with E-state index in [1.807, 2.05) is 66.2 Å². The lowest BCUT2D eigenvalue weighted by Crippen LogP contribution is -2.14. The van der Waals surface area contributed by atoms with E-state index < -0.39 is 9.84 Å². The van der Waals surface area contributed by atoms with Gasteiger partial charge in [0.25, 0.3) is 0 Å². The summed E-state index contributed by atoms with van der Waals surface area (Å²) in [5.41, 5.74) is 2.96. The number of aromatic nitrogens is 3. The van der Waals surface area contributed by atoms with Crippen LogP contribution < -0.4 is 5.32 Å². The van der Waals surface area contributed by atoms with E-state index in [-0.39, 0.29) is 29.1 Å². The fourth-order valence-electron chi connectivity index (χ4n) is 3.64. The summed E-state index contributed by atoms with van der Waals surface area (Å²) >= 11 is 1.31. The van der Waals surface area contributed by atoms with Gasteiger partial charge in [-0.15, -0.1) is 10.2 Å². The topological polar surface area (TPSA) is 93.9 Å². The van der Waals surface area contributed by atoms with Gasteiger partial charge < -0.3 is 9.88 Å². The first kappa shape index (κ1) is 21.6. The zero-order valence-corrected chi connectivity index (χ0v) is 18.8. The van der Waals surface area contributed by atoms with Gasteiger partial charge >= 0.3 is 0 Å². The molecule has 1 aliphatic heterocycles. The van der Waals surface area contributed by atoms with Crippen LogP contribution >= 0.6 is 11.8 Å². The summed E-state index contributed by atoms with van der Waals surface area (Å²) in [6, 6.07) is 17.8. The van der Waals surface area contributed by atoms with Gasteiger partial charge in [0.05, 0.1) is 17.3 Å². The zero-order chi connectivity index (χ0) is 21.8. The summed E-state index contributed by atoms with van der Waals surface area (Å²) in [7, 11) is -1.06. The highest BCUT2D eigenvalue weighted by Gasteiger charge is 2.29. The molecule has 0 bridgehead atoms. The number of hydrogen-bond acceptors (Lipinski definition) is 6. The number of nitrogens with zero attached hydrogens (tertiary/aromatic N) is 3. The number of rotatable bonds is 7. The summed E-state index contributed by atoms with van der Waals surface area (Å²) in [4.78, 5) is 12.4. The summed E-state index contributed by atoms with van der Waals surface area (Å²) < 4.78 is 25.1. The van der Waals surface area contributed by atoms with Crippen LogP contribution in [0.1, 0.15) is 12.2 Å². The molecule has 2 aromatic carbocycles. The Labute approximate surface area is 186 Å². The van der Waals surface area contributed by atoms with Crippen molar-refractivity contribution in [2.24, 2.45) is 13.0 Å².